The highest BCUT2D eigenvalue weighted by atomic mass is 16.7. The van der Waals surface area contributed by atoms with E-state index in [0.717, 1.165) is 37.1 Å². The number of likely N-dealkylation sites (N-methyl/N-ethyl adjacent to an activating group) is 1. The summed E-state index contributed by atoms with van der Waals surface area (Å²) in [6.07, 6.45) is 1.35. The molecule has 6 unspecified atom stereocenters. The average molecular weight is 662 g/mol. The summed E-state index contributed by atoms with van der Waals surface area (Å²) in [5, 5.41) is 12.1. The maximum Gasteiger partial charge on any atom is 0.309 e. The molecule has 4 rings (SSSR count). The van der Waals surface area contributed by atoms with Crippen molar-refractivity contribution < 1.29 is 52.6 Å². The molecule has 2 heterocycles. The zero-order valence-corrected chi connectivity index (χ0v) is 29.0. The lowest BCUT2D eigenvalue weighted by molar-refractivity contribution is -0.253. The number of aliphatic hydroxyl groups excluding tert-OH is 1. The molecule has 0 spiro atoms. The molecule has 262 valence electrons. The zero-order valence-electron chi connectivity index (χ0n) is 29.0. The number of fused-ring (bicyclic) bond motifs is 4. The second kappa shape index (κ2) is 15.3. The number of carbonyl (C=O) groups is 3. The number of esters is 3. The van der Waals surface area contributed by atoms with Gasteiger partial charge in [0.05, 0.1) is 20.6 Å². The van der Waals surface area contributed by atoms with E-state index in [9.17, 15) is 19.5 Å². The van der Waals surface area contributed by atoms with Crippen LogP contribution in [0.4, 0.5) is 0 Å². The Labute approximate surface area is 277 Å². The minimum absolute atomic E-state index is 0.0176. The van der Waals surface area contributed by atoms with E-state index in [1.807, 2.05) is 12.1 Å². The van der Waals surface area contributed by atoms with Crippen molar-refractivity contribution in [1.82, 2.24) is 4.90 Å². The lowest BCUT2D eigenvalue weighted by Crippen LogP contribution is -2.55. The van der Waals surface area contributed by atoms with Gasteiger partial charge in [0, 0.05) is 32.4 Å². The number of ether oxygens (including phenoxy) is 7. The maximum absolute atomic E-state index is 12.8. The van der Waals surface area contributed by atoms with Gasteiger partial charge >= 0.3 is 17.9 Å². The Bertz CT molecular complexity index is 1330. The fraction of sp³-hybridized carbons (Fsp3) is 0.686. The molecule has 1 aliphatic carbocycles. The summed E-state index contributed by atoms with van der Waals surface area (Å²) in [4.78, 5) is 39.5. The number of nitrogens with zero attached hydrogens (tertiary/aromatic N) is 1. The molecule has 0 saturated heterocycles. The minimum Gasteiger partial charge on any atom is -0.499 e. The van der Waals surface area contributed by atoms with Crippen molar-refractivity contribution in [2.24, 2.45) is 5.92 Å². The summed E-state index contributed by atoms with van der Waals surface area (Å²) in [6, 6.07) is 4.02. The number of benzene rings is 1. The smallest absolute Gasteiger partial charge is 0.309 e. The SMILES string of the molecule is CCC1C=C(OC)C(OC(O)C(CCCC(C)(C)OC(C)=O)(CC(=O)OC)OC(C)=O)C2c3cc4c(cc3CCN(CC)C12)OCO4. The maximum atomic E-state index is 12.8. The quantitative estimate of drug-likeness (QED) is 0.172. The molecule has 47 heavy (non-hydrogen) atoms. The first-order valence-corrected chi connectivity index (χ1v) is 16.5. The van der Waals surface area contributed by atoms with Gasteiger partial charge in [-0.05, 0) is 87.7 Å². The van der Waals surface area contributed by atoms with Crippen LogP contribution in [-0.4, -0.2) is 91.7 Å². The van der Waals surface area contributed by atoms with Gasteiger partial charge in [-0.3, -0.25) is 19.3 Å². The molecule has 0 amide bonds. The van der Waals surface area contributed by atoms with Crippen LogP contribution in [-0.2, 0) is 44.5 Å². The van der Waals surface area contributed by atoms with Crippen LogP contribution in [0.1, 0.15) is 90.7 Å². The summed E-state index contributed by atoms with van der Waals surface area (Å²) in [5.74, 6) is -0.159. The fourth-order valence-electron chi connectivity index (χ4n) is 7.43. The Morgan fingerprint density at radius 2 is 1.72 bits per heavy atom. The third-order valence-electron chi connectivity index (χ3n) is 9.53. The largest absolute Gasteiger partial charge is 0.499 e. The molecular weight excluding hydrogens is 610 g/mol. The van der Waals surface area contributed by atoms with Crippen molar-refractivity contribution in [1.29, 1.82) is 0 Å². The monoisotopic (exact) mass is 661 g/mol. The summed E-state index contributed by atoms with van der Waals surface area (Å²) in [7, 11) is 2.80. The van der Waals surface area contributed by atoms with Crippen molar-refractivity contribution in [3.05, 3.63) is 35.1 Å². The Kier molecular flexibility index (Phi) is 11.8. The average Bonchev–Trinajstić information content (AvgIpc) is 3.40. The predicted molar refractivity (Wildman–Crippen MR) is 171 cm³/mol. The standard InChI is InChI=1S/C35H51NO11/c1-9-23-16-28(41-7)32(30-25-18-27-26(43-20-44-27)17-24(25)12-15-36(10-2)31(23)30)45-33(40)35(47-22(4)38,19-29(39)42-8)14-11-13-34(5,6)46-21(3)37/h16-18,23,30-33,40H,9-15,19-20H2,1-8H3. The number of rotatable bonds is 14. The predicted octanol–water partition coefficient (Wildman–Crippen LogP) is 4.40. The van der Waals surface area contributed by atoms with Gasteiger partial charge < -0.3 is 38.3 Å². The van der Waals surface area contributed by atoms with Crippen molar-refractivity contribution in [3.63, 3.8) is 0 Å². The molecule has 1 aromatic rings. The van der Waals surface area contributed by atoms with Gasteiger partial charge in [0.1, 0.15) is 17.5 Å². The first kappa shape index (κ1) is 36.5. The number of hydrogen-bond donors (Lipinski definition) is 1. The Hall–Kier alpha value is -3.35. The number of aliphatic hydroxyl groups is 1. The van der Waals surface area contributed by atoms with Crippen molar-refractivity contribution >= 4 is 17.9 Å². The highest BCUT2D eigenvalue weighted by Crippen LogP contribution is 2.49. The summed E-state index contributed by atoms with van der Waals surface area (Å²) in [5.41, 5.74) is -0.553. The molecule has 12 heteroatoms. The molecule has 0 saturated carbocycles. The first-order chi connectivity index (χ1) is 22.3. The highest BCUT2D eigenvalue weighted by molar-refractivity contribution is 5.72. The Morgan fingerprint density at radius 1 is 1.04 bits per heavy atom. The molecule has 1 N–H and O–H groups in total. The van der Waals surface area contributed by atoms with E-state index in [0.29, 0.717) is 30.1 Å². The van der Waals surface area contributed by atoms with Gasteiger partial charge in [-0.1, -0.05) is 13.8 Å². The molecule has 0 radical (unpaired) electrons. The summed E-state index contributed by atoms with van der Waals surface area (Å²) >= 11 is 0. The Balaban J connectivity index is 1.79. The van der Waals surface area contributed by atoms with Crippen LogP contribution in [0.5, 0.6) is 11.5 Å². The lowest BCUT2D eigenvalue weighted by Gasteiger charge is -2.47. The molecule has 6 atom stereocenters. The van der Waals surface area contributed by atoms with Crippen LogP contribution >= 0.6 is 0 Å². The van der Waals surface area contributed by atoms with Gasteiger partial charge in [0.2, 0.25) is 6.79 Å². The molecule has 12 nitrogen and oxygen atoms in total. The number of carbonyl (C=O) groups excluding carboxylic acids is 3. The molecule has 2 aliphatic heterocycles. The summed E-state index contributed by atoms with van der Waals surface area (Å²) in [6.45, 7) is 12.1. The van der Waals surface area contributed by atoms with Crippen LogP contribution in [0.2, 0.25) is 0 Å². The van der Waals surface area contributed by atoms with Gasteiger partial charge in [-0.2, -0.15) is 0 Å². The van der Waals surface area contributed by atoms with E-state index in [4.69, 9.17) is 33.2 Å². The van der Waals surface area contributed by atoms with E-state index in [1.165, 1.54) is 21.0 Å². The van der Waals surface area contributed by atoms with Crippen molar-refractivity contribution in [2.45, 2.75) is 116 Å². The van der Waals surface area contributed by atoms with Crippen LogP contribution in [0, 0.1) is 5.92 Å². The molecule has 0 fully saturated rings. The van der Waals surface area contributed by atoms with E-state index in [2.05, 4.69) is 24.8 Å². The number of hydrogen-bond acceptors (Lipinski definition) is 12. The number of methoxy groups -OCH3 is 2. The molecule has 0 aromatic heterocycles. The molecule has 0 bridgehead atoms. The van der Waals surface area contributed by atoms with Gasteiger partial charge in [0.15, 0.2) is 23.4 Å². The lowest BCUT2D eigenvalue weighted by atomic mass is 9.72. The van der Waals surface area contributed by atoms with Crippen molar-refractivity contribution in [3.8, 4) is 11.5 Å². The topological polar surface area (TPSA) is 139 Å². The summed E-state index contributed by atoms with van der Waals surface area (Å²) < 4.78 is 40.4. The fourth-order valence-corrected chi connectivity index (χ4v) is 7.43. The normalized spacial score (nSPS) is 24.1. The zero-order chi connectivity index (χ0) is 34.5. The second-order valence-corrected chi connectivity index (χ2v) is 13.2. The van der Waals surface area contributed by atoms with Crippen molar-refractivity contribution in [2.75, 3.05) is 34.1 Å². The third kappa shape index (κ3) is 8.21. The van der Waals surface area contributed by atoms with E-state index >= 15 is 0 Å². The minimum atomic E-state index is -1.81. The van der Waals surface area contributed by atoms with Crippen LogP contribution in [0.25, 0.3) is 0 Å². The van der Waals surface area contributed by atoms with Gasteiger partial charge in [0.25, 0.3) is 0 Å². The van der Waals surface area contributed by atoms with Crippen LogP contribution in [0.15, 0.2) is 24.0 Å². The molecular formula is C35H51NO11. The van der Waals surface area contributed by atoms with E-state index in [1.54, 1.807) is 21.0 Å². The first-order valence-electron chi connectivity index (χ1n) is 16.5. The van der Waals surface area contributed by atoms with Gasteiger partial charge in [-0.25, -0.2) is 0 Å². The highest BCUT2D eigenvalue weighted by Gasteiger charge is 2.51. The second-order valence-electron chi connectivity index (χ2n) is 13.2. The Morgan fingerprint density at radius 3 is 2.32 bits per heavy atom. The molecule has 3 aliphatic rings. The van der Waals surface area contributed by atoms with Gasteiger partial charge in [-0.15, -0.1) is 0 Å². The van der Waals surface area contributed by atoms with Crippen LogP contribution in [0.3, 0.4) is 0 Å². The molecule has 1 aromatic carbocycles. The van der Waals surface area contributed by atoms with E-state index < -0.39 is 47.9 Å². The van der Waals surface area contributed by atoms with Crippen LogP contribution < -0.4 is 9.47 Å². The van der Waals surface area contributed by atoms with E-state index in [-0.39, 0.29) is 31.1 Å². The third-order valence-corrected chi connectivity index (χ3v) is 9.53.